The maximum atomic E-state index is 11.7. The SMILES string of the molecule is O=c1[nH]nc(SCC2CC2)n1CC1CCCO1. The summed E-state index contributed by atoms with van der Waals surface area (Å²) >= 11 is 1.69. The number of hydrogen-bond acceptors (Lipinski definition) is 4. The lowest BCUT2D eigenvalue weighted by Crippen LogP contribution is -2.25. The van der Waals surface area contributed by atoms with Gasteiger partial charge in [0, 0.05) is 12.4 Å². The smallest absolute Gasteiger partial charge is 0.344 e. The highest BCUT2D eigenvalue weighted by Crippen LogP contribution is 2.34. The zero-order chi connectivity index (χ0) is 11.7. The third-order valence-corrected chi connectivity index (χ3v) is 4.49. The Labute approximate surface area is 104 Å². The molecule has 0 amide bonds. The van der Waals surface area contributed by atoms with Crippen molar-refractivity contribution in [2.45, 2.75) is 43.5 Å². The largest absolute Gasteiger partial charge is 0.376 e. The minimum atomic E-state index is -0.112. The van der Waals surface area contributed by atoms with Crippen LogP contribution in [0.3, 0.4) is 0 Å². The van der Waals surface area contributed by atoms with Crippen LogP contribution in [0.25, 0.3) is 0 Å². The molecule has 2 fully saturated rings. The minimum Gasteiger partial charge on any atom is -0.376 e. The molecule has 0 bridgehead atoms. The molecule has 3 rings (SSSR count). The molecule has 5 nitrogen and oxygen atoms in total. The van der Waals surface area contributed by atoms with Gasteiger partial charge in [0.1, 0.15) is 0 Å². The van der Waals surface area contributed by atoms with Gasteiger partial charge in [-0.1, -0.05) is 11.8 Å². The number of thioether (sulfide) groups is 1. The second kappa shape index (κ2) is 4.86. The van der Waals surface area contributed by atoms with Crippen LogP contribution in [0, 0.1) is 5.92 Å². The summed E-state index contributed by atoms with van der Waals surface area (Å²) in [5.41, 5.74) is -0.112. The Balaban J connectivity index is 1.67. The number of aromatic nitrogens is 3. The zero-order valence-corrected chi connectivity index (χ0v) is 10.5. The highest BCUT2D eigenvalue weighted by atomic mass is 32.2. The summed E-state index contributed by atoms with van der Waals surface area (Å²) in [5.74, 6) is 1.92. The van der Waals surface area contributed by atoms with Crippen molar-refractivity contribution in [1.82, 2.24) is 14.8 Å². The first kappa shape index (κ1) is 11.3. The number of nitrogens with zero attached hydrogens (tertiary/aromatic N) is 2. The van der Waals surface area contributed by atoms with E-state index in [-0.39, 0.29) is 11.8 Å². The van der Waals surface area contributed by atoms with Gasteiger partial charge in [-0.15, -0.1) is 5.10 Å². The van der Waals surface area contributed by atoms with Gasteiger partial charge in [-0.05, 0) is 31.6 Å². The highest BCUT2D eigenvalue weighted by Gasteiger charge is 2.24. The van der Waals surface area contributed by atoms with E-state index in [1.165, 1.54) is 12.8 Å². The van der Waals surface area contributed by atoms with E-state index in [2.05, 4.69) is 10.2 Å². The highest BCUT2D eigenvalue weighted by molar-refractivity contribution is 7.99. The van der Waals surface area contributed by atoms with E-state index in [1.54, 1.807) is 16.3 Å². The Morgan fingerprint density at radius 1 is 1.47 bits per heavy atom. The molecule has 1 aliphatic heterocycles. The van der Waals surface area contributed by atoms with Crippen LogP contribution in [0.15, 0.2) is 9.95 Å². The van der Waals surface area contributed by atoms with E-state index in [0.29, 0.717) is 6.54 Å². The normalized spacial score (nSPS) is 24.4. The first-order chi connectivity index (χ1) is 8.33. The summed E-state index contributed by atoms with van der Waals surface area (Å²) in [5, 5.41) is 7.44. The summed E-state index contributed by atoms with van der Waals surface area (Å²) in [6.45, 7) is 1.46. The summed E-state index contributed by atoms with van der Waals surface area (Å²) in [7, 11) is 0. The molecule has 2 heterocycles. The molecule has 1 aromatic rings. The van der Waals surface area contributed by atoms with Crippen molar-refractivity contribution in [3.05, 3.63) is 10.5 Å². The molecule has 1 aliphatic carbocycles. The van der Waals surface area contributed by atoms with Gasteiger partial charge in [0.05, 0.1) is 12.6 Å². The molecule has 0 aromatic carbocycles. The molecular weight excluding hydrogens is 238 g/mol. The number of H-pyrrole nitrogens is 1. The fraction of sp³-hybridized carbons (Fsp3) is 0.818. The summed E-state index contributed by atoms with van der Waals surface area (Å²) < 4.78 is 7.29. The van der Waals surface area contributed by atoms with Crippen molar-refractivity contribution in [3.63, 3.8) is 0 Å². The van der Waals surface area contributed by atoms with Crippen LogP contribution in [0.2, 0.25) is 0 Å². The number of rotatable bonds is 5. The Kier molecular flexibility index (Phi) is 3.24. The molecule has 1 saturated carbocycles. The lowest BCUT2D eigenvalue weighted by Gasteiger charge is -2.10. The second-order valence-corrected chi connectivity index (χ2v) is 5.80. The molecule has 1 N–H and O–H groups in total. The van der Waals surface area contributed by atoms with Crippen LogP contribution in [0.1, 0.15) is 25.7 Å². The fourth-order valence-electron chi connectivity index (χ4n) is 2.04. The van der Waals surface area contributed by atoms with Gasteiger partial charge in [0.25, 0.3) is 0 Å². The van der Waals surface area contributed by atoms with E-state index < -0.39 is 0 Å². The molecule has 1 aromatic heterocycles. The average molecular weight is 255 g/mol. The molecule has 94 valence electrons. The molecule has 0 radical (unpaired) electrons. The first-order valence-corrected chi connectivity index (χ1v) is 7.21. The van der Waals surface area contributed by atoms with E-state index in [9.17, 15) is 4.79 Å². The van der Waals surface area contributed by atoms with Crippen LogP contribution in [0.5, 0.6) is 0 Å². The first-order valence-electron chi connectivity index (χ1n) is 6.22. The lowest BCUT2D eigenvalue weighted by molar-refractivity contribution is 0.0941. The molecule has 1 saturated heterocycles. The zero-order valence-electron chi connectivity index (χ0n) is 9.72. The van der Waals surface area contributed by atoms with Gasteiger partial charge in [-0.3, -0.25) is 4.57 Å². The standard InChI is InChI=1S/C11H17N3O2S/c15-10-12-13-11(17-7-8-3-4-8)14(10)6-9-2-1-5-16-9/h8-9H,1-7H2,(H,12,15). The van der Waals surface area contributed by atoms with Gasteiger partial charge < -0.3 is 4.74 Å². The van der Waals surface area contributed by atoms with Crippen LogP contribution in [-0.4, -0.2) is 33.2 Å². The van der Waals surface area contributed by atoms with Gasteiger partial charge in [-0.2, -0.15) is 0 Å². The minimum absolute atomic E-state index is 0.112. The number of aromatic amines is 1. The quantitative estimate of drug-likeness (QED) is 0.805. The molecule has 1 atom stereocenters. The molecule has 17 heavy (non-hydrogen) atoms. The van der Waals surface area contributed by atoms with E-state index in [1.807, 2.05) is 0 Å². The maximum Gasteiger partial charge on any atom is 0.344 e. The number of nitrogens with one attached hydrogen (secondary N) is 1. The van der Waals surface area contributed by atoms with Crippen molar-refractivity contribution in [1.29, 1.82) is 0 Å². The third-order valence-electron chi connectivity index (χ3n) is 3.28. The van der Waals surface area contributed by atoms with Crippen LogP contribution in [-0.2, 0) is 11.3 Å². The Bertz CT molecular complexity index is 432. The van der Waals surface area contributed by atoms with Gasteiger partial charge in [0.15, 0.2) is 5.16 Å². The summed E-state index contributed by atoms with van der Waals surface area (Å²) in [6, 6.07) is 0. The lowest BCUT2D eigenvalue weighted by atomic mass is 10.2. The average Bonchev–Trinajstić information content (AvgIpc) is 2.90. The van der Waals surface area contributed by atoms with Gasteiger partial charge in [-0.25, -0.2) is 9.89 Å². The van der Waals surface area contributed by atoms with Crippen molar-refractivity contribution >= 4 is 11.8 Å². The molecule has 1 unspecified atom stereocenters. The number of ether oxygens (including phenoxy) is 1. The molecule has 6 heteroatoms. The summed E-state index contributed by atoms with van der Waals surface area (Å²) in [6.07, 6.45) is 4.98. The monoisotopic (exact) mass is 255 g/mol. The maximum absolute atomic E-state index is 11.7. The predicted molar refractivity (Wildman–Crippen MR) is 65.3 cm³/mol. The Hall–Kier alpha value is -0.750. The summed E-state index contributed by atoms with van der Waals surface area (Å²) in [4.78, 5) is 11.7. The van der Waals surface area contributed by atoms with E-state index in [0.717, 1.165) is 36.3 Å². The van der Waals surface area contributed by atoms with Gasteiger partial charge in [0.2, 0.25) is 0 Å². The second-order valence-electron chi connectivity index (χ2n) is 4.81. The molecule has 2 aliphatic rings. The Morgan fingerprint density at radius 3 is 3.06 bits per heavy atom. The van der Waals surface area contributed by atoms with Crippen LogP contribution < -0.4 is 5.69 Å². The van der Waals surface area contributed by atoms with Crippen molar-refractivity contribution in [3.8, 4) is 0 Å². The van der Waals surface area contributed by atoms with Gasteiger partial charge >= 0.3 is 5.69 Å². The van der Waals surface area contributed by atoms with Crippen LogP contribution in [0.4, 0.5) is 0 Å². The molecule has 0 spiro atoms. The van der Waals surface area contributed by atoms with Crippen molar-refractivity contribution in [2.75, 3.05) is 12.4 Å². The van der Waals surface area contributed by atoms with Crippen molar-refractivity contribution in [2.24, 2.45) is 5.92 Å². The fourth-order valence-corrected chi connectivity index (χ4v) is 3.18. The number of hydrogen-bond donors (Lipinski definition) is 1. The van der Waals surface area contributed by atoms with E-state index in [4.69, 9.17) is 4.74 Å². The van der Waals surface area contributed by atoms with E-state index >= 15 is 0 Å². The predicted octanol–water partition coefficient (Wildman–Crippen LogP) is 1.25. The molecular formula is C11H17N3O2S. The van der Waals surface area contributed by atoms with Crippen LogP contribution >= 0.6 is 11.8 Å². The topological polar surface area (TPSA) is 59.9 Å². The van der Waals surface area contributed by atoms with Crippen molar-refractivity contribution < 1.29 is 4.74 Å². The third kappa shape index (κ3) is 2.74. The Morgan fingerprint density at radius 2 is 2.35 bits per heavy atom.